The molecule has 1 saturated heterocycles. The van der Waals surface area contributed by atoms with Gasteiger partial charge < -0.3 is 9.64 Å². The number of benzene rings is 1. The van der Waals surface area contributed by atoms with E-state index in [1.54, 1.807) is 25.7 Å². The number of nitrogens with zero attached hydrogens (tertiary/aromatic N) is 2. The molecule has 0 aromatic heterocycles. The SMILES string of the molecule is CC(C)(C)OC(=O)N1CCN(Cc2ccc(F)c(C(F)(F)F)c2)CC1. The summed E-state index contributed by atoms with van der Waals surface area (Å²) in [6.45, 7) is 7.52. The second kappa shape index (κ2) is 7.19. The lowest BCUT2D eigenvalue weighted by atomic mass is 10.1. The molecule has 25 heavy (non-hydrogen) atoms. The van der Waals surface area contributed by atoms with E-state index < -0.39 is 29.3 Å². The number of ether oxygens (including phenoxy) is 1. The van der Waals surface area contributed by atoms with Crippen molar-refractivity contribution in [2.24, 2.45) is 0 Å². The molecule has 0 radical (unpaired) electrons. The van der Waals surface area contributed by atoms with Crippen molar-refractivity contribution in [2.75, 3.05) is 26.2 Å². The number of halogens is 4. The Balaban J connectivity index is 1.93. The number of carbonyl (C=O) groups excluding carboxylic acids is 1. The average molecular weight is 362 g/mol. The van der Waals surface area contributed by atoms with Crippen LogP contribution in [-0.2, 0) is 17.5 Å². The highest BCUT2D eigenvalue weighted by atomic mass is 19.4. The van der Waals surface area contributed by atoms with Gasteiger partial charge in [0.1, 0.15) is 11.4 Å². The van der Waals surface area contributed by atoms with Gasteiger partial charge in [-0.1, -0.05) is 6.07 Å². The van der Waals surface area contributed by atoms with E-state index in [0.29, 0.717) is 31.7 Å². The maximum absolute atomic E-state index is 13.3. The van der Waals surface area contributed by atoms with E-state index in [1.165, 1.54) is 6.07 Å². The maximum atomic E-state index is 13.3. The molecule has 1 aromatic rings. The molecule has 1 aromatic carbocycles. The molecule has 0 saturated carbocycles. The van der Waals surface area contributed by atoms with Crippen LogP contribution in [0.4, 0.5) is 22.4 Å². The summed E-state index contributed by atoms with van der Waals surface area (Å²) in [6, 6.07) is 3.04. The van der Waals surface area contributed by atoms with Crippen molar-refractivity contribution in [3.8, 4) is 0 Å². The number of rotatable bonds is 2. The summed E-state index contributed by atoms with van der Waals surface area (Å²) in [4.78, 5) is 15.5. The van der Waals surface area contributed by atoms with E-state index in [1.807, 2.05) is 4.90 Å². The third-order valence-corrected chi connectivity index (χ3v) is 3.77. The summed E-state index contributed by atoms with van der Waals surface area (Å²) in [5.41, 5.74) is -1.44. The standard InChI is InChI=1S/C17H22F4N2O2/c1-16(2,3)25-15(24)23-8-6-22(7-9-23)11-12-4-5-14(18)13(10-12)17(19,20)21/h4-5,10H,6-9,11H2,1-3H3. The third-order valence-electron chi connectivity index (χ3n) is 3.77. The molecule has 4 nitrogen and oxygen atoms in total. The lowest BCUT2D eigenvalue weighted by Gasteiger charge is -2.35. The lowest BCUT2D eigenvalue weighted by Crippen LogP contribution is -2.49. The van der Waals surface area contributed by atoms with Gasteiger partial charge in [-0.2, -0.15) is 13.2 Å². The second-order valence-corrected chi connectivity index (χ2v) is 7.06. The number of piperazine rings is 1. The predicted octanol–water partition coefficient (Wildman–Crippen LogP) is 3.90. The van der Waals surface area contributed by atoms with Gasteiger partial charge in [-0.25, -0.2) is 9.18 Å². The molecule has 1 aliphatic heterocycles. The Bertz CT molecular complexity index is 618. The Morgan fingerprint density at radius 1 is 1.12 bits per heavy atom. The fourth-order valence-electron chi connectivity index (χ4n) is 2.56. The van der Waals surface area contributed by atoms with Crippen LogP contribution >= 0.6 is 0 Å². The van der Waals surface area contributed by atoms with Gasteiger partial charge in [-0.15, -0.1) is 0 Å². The van der Waals surface area contributed by atoms with Crippen molar-refractivity contribution < 1.29 is 27.1 Å². The summed E-state index contributed by atoms with van der Waals surface area (Å²) in [6.07, 6.45) is -5.11. The van der Waals surface area contributed by atoms with Crippen LogP contribution in [0.25, 0.3) is 0 Å². The number of amides is 1. The van der Waals surface area contributed by atoms with E-state index in [4.69, 9.17) is 4.74 Å². The van der Waals surface area contributed by atoms with Crippen LogP contribution in [0, 0.1) is 5.82 Å². The Hall–Kier alpha value is -1.83. The summed E-state index contributed by atoms with van der Waals surface area (Å²) in [5, 5.41) is 0. The molecule has 0 N–H and O–H groups in total. The van der Waals surface area contributed by atoms with Gasteiger partial charge >= 0.3 is 12.3 Å². The summed E-state index contributed by atoms with van der Waals surface area (Å²) >= 11 is 0. The first kappa shape index (κ1) is 19.5. The molecule has 0 atom stereocenters. The number of hydrogen-bond donors (Lipinski definition) is 0. The van der Waals surface area contributed by atoms with Crippen molar-refractivity contribution in [3.05, 3.63) is 35.1 Å². The highest BCUT2D eigenvalue weighted by Gasteiger charge is 2.34. The highest BCUT2D eigenvalue weighted by molar-refractivity contribution is 5.68. The Labute approximate surface area is 144 Å². The fourth-order valence-corrected chi connectivity index (χ4v) is 2.56. The van der Waals surface area contributed by atoms with Crippen LogP contribution < -0.4 is 0 Å². The van der Waals surface area contributed by atoms with E-state index in [2.05, 4.69) is 0 Å². The predicted molar refractivity (Wildman–Crippen MR) is 84.5 cm³/mol. The van der Waals surface area contributed by atoms with Crippen molar-refractivity contribution in [2.45, 2.75) is 39.1 Å². The molecule has 0 bridgehead atoms. The molecule has 2 rings (SSSR count). The molecule has 1 aliphatic rings. The van der Waals surface area contributed by atoms with Gasteiger partial charge in [0.15, 0.2) is 0 Å². The van der Waals surface area contributed by atoms with Crippen molar-refractivity contribution in [3.63, 3.8) is 0 Å². The average Bonchev–Trinajstić information content (AvgIpc) is 2.47. The number of alkyl halides is 3. The Morgan fingerprint density at radius 3 is 2.24 bits per heavy atom. The molecule has 1 heterocycles. The number of hydrogen-bond acceptors (Lipinski definition) is 3. The smallest absolute Gasteiger partial charge is 0.419 e. The lowest BCUT2D eigenvalue weighted by molar-refractivity contribution is -0.140. The largest absolute Gasteiger partial charge is 0.444 e. The zero-order valence-electron chi connectivity index (χ0n) is 14.5. The Morgan fingerprint density at radius 2 is 1.72 bits per heavy atom. The number of carbonyl (C=O) groups is 1. The van der Waals surface area contributed by atoms with Crippen LogP contribution in [0.3, 0.4) is 0 Å². The van der Waals surface area contributed by atoms with Crippen molar-refractivity contribution in [1.82, 2.24) is 9.80 Å². The van der Waals surface area contributed by atoms with E-state index >= 15 is 0 Å². The maximum Gasteiger partial charge on any atom is 0.419 e. The minimum Gasteiger partial charge on any atom is -0.444 e. The van der Waals surface area contributed by atoms with E-state index in [9.17, 15) is 22.4 Å². The third kappa shape index (κ3) is 5.59. The van der Waals surface area contributed by atoms with Gasteiger partial charge in [0.05, 0.1) is 5.56 Å². The first-order valence-electron chi connectivity index (χ1n) is 8.01. The zero-order valence-corrected chi connectivity index (χ0v) is 14.5. The van der Waals surface area contributed by atoms with E-state index in [-0.39, 0.29) is 6.54 Å². The molecule has 1 amide bonds. The minimum absolute atomic E-state index is 0.269. The normalized spacial score (nSPS) is 16.8. The van der Waals surface area contributed by atoms with Gasteiger partial charge in [-0.05, 0) is 38.5 Å². The zero-order chi connectivity index (χ0) is 18.8. The summed E-state index contributed by atoms with van der Waals surface area (Å²) in [7, 11) is 0. The van der Waals surface area contributed by atoms with Crippen LogP contribution in [0.15, 0.2) is 18.2 Å². The van der Waals surface area contributed by atoms with Crippen LogP contribution in [0.1, 0.15) is 31.9 Å². The molecule has 140 valence electrons. The topological polar surface area (TPSA) is 32.8 Å². The van der Waals surface area contributed by atoms with E-state index in [0.717, 1.165) is 12.1 Å². The van der Waals surface area contributed by atoms with Crippen molar-refractivity contribution >= 4 is 6.09 Å². The second-order valence-electron chi connectivity index (χ2n) is 7.06. The van der Waals surface area contributed by atoms with Crippen molar-refractivity contribution in [1.29, 1.82) is 0 Å². The van der Waals surface area contributed by atoms with Gasteiger partial charge in [0.25, 0.3) is 0 Å². The minimum atomic E-state index is -4.71. The van der Waals surface area contributed by atoms with Gasteiger partial charge in [-0.3, -0.25) is 4.90 Å². The fraction of sp³-hybridized carbons (Fsp3) is 0.588. The molecular formula is C17H22F4N2O2. The molecular weight excluding hydrogens is 340 g/mol. The summed E-state index contributed by atoms with van der Waals surface area (Å²) in [5.74, 6) is -1.27. The molecule has 8 heteroatoms. The van der Waals surface area contributed by atoms with Crippen LogP contribution in [-0.4, -0.2) is 47.7 Å². The van der Waals surface area contributed by atoms with Crippen LogP contribution in [0.2, 0.25) is 0 Å². The quantitative estimate of drug-likeness (QED) is 0.748. The van der Waals surface area contributed by atoms with Gasteiger partial charge in [0.2, 0.25) is 0 Å². The highest BCUT2D eigenvalue weighted by Crippen LogP contribution is 2.32. The molecule has 0 spiro atoms. The monoisotopic (exact) mass is 362 g/mol. The first-order valence-corrected chi connectivity index (χ1v) is 8.01. The molecule has 0 unspecified atom stereocenters. The summed E-state index contributed by atoms with van der Waals surface area (Å²) < 4.78 is 56.9. The molecule has 1 fully saturated rings. The molecule has 0 aliphatic carbocycles. The van der Waals surface area contributed by atoms with Gasteiger partial charge in [0, 0.05) is 32.7 Å². The van der Waals surface area contributed by atoms with Crippen LogP contribution in [0.5, 0.6) is 0 Å². The first-order chi connectivity index (χ1) is 11.5. The Kier molecular flexibility index (Phi) is 5.61.